The Labute approximate surface area is 197 Å². The molecule has 5 rings (SSSR count). The molecular weight excluding hydrogens is 430 g/mol. The summed E-state index contributed by atoms with van der Waals surface area (Å²) in [5.41, 5.74) is 4.24. The van der Waals surface area contributed by atoms with E-state index in [1.807, 2.05) is 61.3 Å². The molecule has 8 heteroatoms. The third kappa shape index (κ3) is 4.45. The molecule has 2 amide bonds. The molecule has 1 aliphatic rings. The molecule has 2 aromatic heterocycles. The van der Waals surface area contributed by atoms with Gasteiger partial charge in [0.1, 0.15) is 5.82 Å². The van der Waals surface area contributed by atoms with Crippen molar-refractivity contribution in [3.8, 4) is 0 Å². The number of benzene rings is 2. The molecule has 3 heterocycles. The van der Waals surface area contributed by atoms with Crippen LogP contribution in [0.25, 0.3) is 11.0 Å². The van der Waals surface area contributed by atoms with Crippen molar-refractivity contribution in [2.24, 2.45) is 7.05 Å². The normalized spacial score (nSPS) is 14.5. The van der Waals surface area contributed by atoms with Gasteiger partial charge in [-0.15, -0.1) is 0 Å². The lowest BCUT2D eigenvalue weighted by Gasteiger charge is -2.34. The minimum absolute atomic E-state index is 0.0624. The Bertz CT molecular complexity index is 1330. The number of hydrogen-bond donors (Lipinski definition) is 1. The summed E-state index contributed by atoms with van der Waals surface area (Å²) in [4.78, 5) is 34.0. The highest BCUT2D eigenvalue weighted by molar-refractivity contribution is 6.05. The van der Waals surface area contributed by atoms with Crippen molar-refractivity contribution in [2.45, 2.75) is 13.5 Å². The number of piperazine rings is 1. The number of aromatic nitrogens is 2. The van der Waals surface area contributed by atoms with Crippen molar-refractivity contribution in [1.82, 2.24) is 19.4 Å². The van der Waals surface area contributed by atoms with Crippen LogP contribution in [0, 0.1) is 6.92 Å². The number of furan rings is 1. The summed E-state index contributed by atoms with van der Waals surface area (Å²) in [6.45, 7) is 5.51. The number of rotatable bonds is 5. The van der Waals surface area contributed by atoms with E-state index in [-0.39, 0.29) is 11.8 Å². The number of fused-ring (bicyclic) bond motifs is 1. The van der Waals surface area contributed by atoms with E-state index < -0.39 is 0 Å². The molecular formula is C26H27N5O3. The third-order valence-electron chi connectivity index (χ3n) is 6.27. The Kier molecular flexibility index (Phi) is 5.90. The fourth-order valence-corrected chi connectivity index (χ4v) is 4.32. The highest BCUT2D eigenvalue weighted by Crippen LogP contribution is 2.22. The molecule has 0 saturated carbocycles. The number of anilines is 1. The molecule has 0 spiro atoms. The number of nitrogens with zero attached hydrogens (tertiary/aromatic N) is 4. The van der Waals surface area contributed by atoms with Gasteiger partial charge in [0.25, 0.3) is 11.8 Å². The predicted molar refractivity (Wildman–Crippen MR) is 130 cm³/mol. The molecule has 0 unspecified atom stereocenters. The minimum Gasteiger partial charge on any atom is -0.459 e. The summed E-state index contributed by atoms with van der Waals surface area (Å²) in [5, 5.41) is 2.97. The van der Waals surface area contributed by atoms with Gasteiger partial charge in [-0.1, -0.05) is 17.7 Å². The summed E-state index contributed by atoms with van der Waals surface area (Å²) in [6.07, 6.45) is 1.52. The molecule has 0 bridgehead atoms. The van der Waals surface area contributed by atoms with Crippen molar-refractivity contribution in [3.05, 3.63) is 83.6 Å². The summed E-state index contributed by atoms with van der Waals surface area (Å²) in [7, 11) is 2.01. The maximum absolute atomic E-state index is 12.6. The lowest BCUT2D eigenvalue weighted by atomic mass is 10.1. The predicted octanol–water partition coefficient (Wildman–Crippen LogP) is 3.69. The van der Waals surface area contributed by atoms with Gasteiger partial charge in [0, 0.05) is 44.5 Å². The number of carbonyl (C=O) groups excluding carboxylic acids is 2. The van der Waals surface area contributed by atoms with Crippen LogP contribution in [0.4, 0.5) is 5.69 Å². The molecule has 0 atom stereocenters. The van der Waals surface area contributed by atoms with E-state index in [0.29, 0.717) is 36.6 Å². The summed E-state index contributed by atoms with van der Waals surface area (Å²) < 4.78 is 7.33. The molecule has 4 aromatic rings. The van der Waals surface area contributed by atoms with Crippen LogP contribution in [-0.4, -0.2) is 57.3 Å². The van der Waals surface area contributed by atoms with Gasteiger partial charge < -0.3 is 19.2 Å². The van der Waals surface area contributed by atoms with E-state index in [1.54, 1.807) is 12.1 Å². The van der Waals surface area contributed by atoms with Gasteiger partial charge in [0.05, 0.1) is 23.8 Å². The van der Waals surface area contributed by atoms with Gasteiger partial charge in [0.2, 0.25) is 0 Å². The molecule has 1 N–H and O–H groups in total. The number of carbonyl (C=O) groups is 2. The first-order valence-corrected chi connectivity index (χ1v) is 11.4. The van der Waals surface area contributed by atoms with Gasteiger partial charge >= 0.3 is 0 Å². The SMILES string of the molecule is Cc1cccc(C(=O)Nc2ccc3c(c2)nc(CN2CCN(C(=O)c4ccco4)CC2)n3C)c1. The first-order chi connectivity index (χ1) is 16.5. The van der Waals surface area contributed by atoms with E-state index in [4.69, 9.17) is 9.40 Å². The Balaban J connectivity index is 1.24. The lowest BCUT2D eigenvalue weighted by Crippen LogP contribution is -2.48. The topological polar surface area (TPSA) is 83.6 Å². The van der Waals surface area contributed by atoms with Crippen LogP contribution in [0.3, 0.4) is 0 Å². The van der Waals surface area contributed by atoms with E-state index in [1.165, 1.54) is 6.26 Å². The number of amides is 2. The standard InChI is InChI=1S/C26H27N5O3/c1-18-5-3-6-19(15-18)25(32)27-20-8-9-22-21(16-20)28-24(29(22)2)17-30-10-12-31(13-11-30)26(33)23-7-4-14-34-23/h3-9,14-16H,10-13,17H2,1-2H3,(H,27,32). The fraction of sp³-hybridized carbons (Fsp3) is 0.269. The van der Waals surface area contributed by atoms with Crippen molar-refractivity contribution >= 4 is 28.5 Å². The molecule has 174 valence electrons. The zero-order valence-corrected chi connectivity index (χ0v) is 19.3. The third-order valence-corrected chi connectivity index (χ3v) is 6.27. The Morgan fingerprint density at radius 2 is 1.85 bits per heavy atom. The van der Waals surface area contributed by atoms with Crippen molar-refractivity contribution in [1.29, 1.82) is 0 Å². The number of aryl methyl sites for hydroxylation is 2. The maximum Gasteiger partial charge on any atom is 0.289 e. The lowest BCUT2D eigenvalue weighted by molar-refractivity contribution is 0.0594. The van der Waals surface area contributed by atoms with Gasteiger partial charge in [-0.2, -0.15) is 0 Å². The van der Waals surface area contributed by atoms with Crippen molar-refractivity contribution in [3.63, 3.8) is 0 Å². The van der Waals surface area contributed by atoms with Gasteiger partial charge in [-0.25, -0.2) is 4.98 Å². The second kappa shape index (κ2) is 9.15. The van der Waals surface area contributed by atoms with Crippen LogP contribution in [-0.2, 0) is 13.6 Å². The fourth-order valence-electron chi connectivity index (χ4n) is 4.32. The Morgan fingerprint density at radius 1 is 1.03 bits per heavy atom. The second-order valence-electron chi connectivity index (χ2n) is 8.66. The van der Waals surface area contributed by atoms with Crippen molar-refractivity contribution < 1.29 is 14.0 Å². The van der Waals surface area contributed by atoms with Crippen LogP contribution >= 0.6 is 0 Å². The average Bonchev–Trinajstić information content (AvgIpc) is 3.48. The molecule has 2 aromatic carbocycles. The summed E-state index contributed by atoms with van der Waals surface area (Å²) >= 11 is 0. The number of nitrogens with one attached hydrogen (secondary N) is 1. The molecule has 8 nitrogen and oxygen atoms in total. The molecule has 1 fully saturated rings. The minimum atomic E-state index is -0.138. The Hall–Kier alpha value is -3.91. The number of imidazole rings is 1. The maximum atomic E-state index is 12.6. The molecule has 1 aliphatic heterocycles. The van der Waals surface area contributed by atoms with E-state index in [0.717, 1.165) is 35.5 Å². The van der Waals surface area contributed by atoms with Gasteiger partial charge in [-0.05, 0) is 49.4 Å². The van der Waals surface area contributed by atoms with Crippen LogP contribution in [0.1, 0.15) is 32.3 Å². The first-order valence-electron chi connectivity index (χ1n) is 11.4. The van der Waals surface area contributed by atoms with Crippen LogP contribution < -0.4 is 5.32 Å². The molecule has 0 aliphatic carbocycles. The van der Waals surface area contributed by atoms with Gasteiger partial charge in [-0.3, -0.25) is 14.5 Å². The van der Waals surface area contributed by atoms with E-state index in [2.05, 4.69) is 14.8 Å². The highest BCUT2D eigenvalue weighted by atomic mass is 16.3. The Morgan fingerprint density at radius 3 is 2.59 bits per heavy atom. The quantitative estimate of drug-likeness (QED) is 0.494. The average molecular weight is 458 g/mol. The molecule has 34 heavy (non-hydrogen) atoms. The smallest absolute Gasteiger partial charge is 0.289 e. The largest absolute Gasteiger partial charge is 0.459 e. The zero-order valence-electron chi connectivity index (χ0n) is 19.3. The summed E-state index contributed by atoms with van der Waals surface area (Å²) in [6, 6.07) is 16.8. The van der Waals surface area contributed by atoms with Crippen LogP contribution in [0.2, 0.25) is 0 Å². The van der Waals surface area contributed by atoms with Crippen molar-refractivity contribution in [2.75, 3.05) is 31.5 Å². The second-order valence-corrected chi connectivity index (χ2v) is 8.66. The van der Waals surface area contributed by atoms with Crippen LogP contribution in [0.15, 0.2) is 65.3 Å². The zero-order chi connectivity index (χ0) is 23.7. The van der Waals surface area contributed by atoms with E-state index in [9.17, 15) is 9.59 Å². The highest BCUT2D eigenvalue weighted by Gasteiger charge is 2.24. The number of hydrogen-bond acceptors (Lipinski definition) is 5. The monoisotopic (exact) mass is 457 g/mol. The molecule has 0 radical (unpaired) electrons. The molecule has 1 saturated heterocycles. The summed E-state index contributed by atoms with van der Waals surface area (Å²) in [5.74, 6) is 1.13. The van der Waals surface area contributed by atoms with Crippen LogP contribution in [0.5, 0.6) is 0 Å². The first kappa shape index (κ1) is 21.9. The van der Waals surface area contributed by atoms with E-state index >= 15 is 0 Å². The van der Waals surface area contributed by atoms with Gasteiger partial charge in [0.15, 0.2) is 5.76 Å².